The Labute approximate surface area is 146 Å². The highest BCUT2D eigenvalue weighted by Crippen LogP contribution is 2.45. The molecule has 0 radical (unpaired) electrons. The van der Waals surface area contributed by atoms with E-state index in [1.807, 2.05) is 0 Å². The lowest BCUT2D eigenvalue weighted by atomic mass is 10.2. The predicted octanol–water partition coefficient (Wildman–Crippen LogP) is 2.16. The number of anilines is 3. The van der Waals surface area contributed by atoms with E-state index in [2.05, 4.69) is 5.32 Å². The first-order valence-corrected chi connectivity index (χ1v) is 9.40. The Balaban J connectivity index is 1.97. The molecular weight excluding hydrogens is 345 g/mol. The molecule has 2 atom stereocenters. The fraction of sp³-hybridized carbons (Fsp3) is 0.294. The molecule has 1 aliphatic rings. The summed E-state index contributed by atoms with van der Waals surface area (Å²) in [6, 6.07) is 12.5. The molecule has 0 amide bonds. The molecule has 0 aromatic heterocycles. The Morgan fingerprint density at radius 2 is 1.84 bits per heavy atom. The highest BCUT2D eigenvalue weighted by atomic mass is 32.2. The molecule has 0 aliphatic carbocycles. The second-order valence-electron chi connectivity index (χ2n) is 5.83. The lowest BCUT2D eigenvalue weighted by Crippen LogP contribution is -2.38. The molecule has 1 heterocycles. The highest BCUT2D eigenvalue weighted by molar-refractivity contribution is 7.95. The number of fused-ring (bicyclic) bond motifs is 1. The van der Waals surface area contributed by atoms with Crippen LogP contribution in [-0.4, -0.2) is 39.8 Å². The van der Waals surface area contributed by atoms with E-state index in [0.29, 0.717) is 30.0 Å². The number of nitrogens with zero attached hydrogens (tertiary/aromatic N) is 2. The lowest BCUT2D eigenvalue weighted by Gasteiger charge is -2.18. The van der Waals surface area contributed by atoms with Crippen molar-refractivity contribution in [2.24, 2.45) is 0 Å². The first-order valence-electron chi connectivity index (χ1n) is 7.97. The molecule has 8 heteroatoms. The number of likely N-dealkylation sites (N-methyl/N-ethyl adjacent to an activating group) is 1. The Bertz CT molecular complexity index is 842. The predicted molar refractivity (Wildman–Crippen MR) is 97.0 cm³/mol. The maximum absolute atomic E-state index is 13.2. The van der Waals surface area contributed by atoms with Gasteiger partial charge in [0.1, 0.15) is 5.82 Å². The lowest BCUT2D eigenvalue weighted by molar-refractivity contribution is 0.167. The smallest absolute Gasteiger partial charge is 0.392 e. The Hall–Kier alpha value is -2.16. The van der Waals surface area contributed by atoms with E-state index >= 15 is 0 Å². The molecule has 25 heavy (non-hydrogen) atoms. The van der Waals surface area contributed by atoms with Crippen molar-refractivity contribution < 1.29 is 17.9 Å². The summed E-state index contributed by atoms with van der Waals surface area (Å²) in [6.45, 7) is 0.622. The number of rotatable bonds is 6. The molecule has 2 aromatic carbocycles. The standard InChI is InChI=1S/C17H20FN3O3S/c1-19-12-15(22)10-11-20-16-4-2-3-5-17(16)21(25(20,23)24)14-8-6-13(18)7-9-14/h2-9,15,19,22H,10-12H2,1H3/p+1/t15-/m1/s1. The van der Waals surface area contributed by atoms with E-state index in [1.54, 1.807) is 31.3 Å². The van der Waals surface area contributed by atoms with E-state index in [9.17, 15) is 17.9 Å². The van der Waals surface area contributed by atoms with Crippen LogP contribution in [0.15, 0.2) is 48.5 Å². The van der Waals surface area contributed by atoms with Crippen LogP contribution in [0.4, 0.5) is 21.5 Å². The zero-order valence-corrected chi connectivity index (χ0v) is 14.6. The SMILES string of the molecule is CNC[C@H](O)CCN1c2ccccc2N(c2ccc(F)cc2)S1(=O)=[OH+]. The Morgan fingerprint density at radius 3 is 2.48 bits per heavy atom. The highest BCUT2D eigenvalue weighted by Gasteiger charge is 2.46. The summed E-state index contributed by atoms with van der Waals surface area (Å²) >= 11 is 0. The number of nitrogens with one attached hydrogen (secondary N) is 1. The second kappa shape index (κ2) is 6.99. The van der Waals surface area contributed by atoms with Crippen molar-refractivity contribution in [3.63, 3.8) is 0 Å². The van der Waals surface area contributed by atoms with Gasteiger partial charge in [-0.1, -0.05) is 12.1 Å². The van der Waals surface area contributed by atoms with Gasteiger partial charge in [0, 0.05) is 13.1 Å². The quantitative estimate of drug-likeness (QED) is 0.769. The van der Waals surface area contributed by atoms with Gasteiger partial charge in [-0.25, -0.2) is 8.70 Å². The van der Waals surface area contributed by atoms with Gasteiger partial charge >= 0.3 is 10.2 Å². The van der Waals surface area contributed by atoms with Gasteiger partial charge in [0.25, 0.3) is 0 Å². The van der Waals surface area contributed by atoms with E-state index in [0.717, 1.165) is 0 Å². The van der Waals surface area contributed by atoms with Crippen LogP contribution in [0.1, 0.15) is 6.42 Å². The Morgan fingerprint density at radius 1 is 1.20 bits per heavy atom. The van der Waals surface area contributed by atoms with Gasteiger partial charge in [-0.3, -0.25) is 0 Å². The minimum absolute atomic E-state index is 0.215. The van der Waals surface area contributed by atoms with Crippen molar-refractivity contribution in [3.8, 4) is 0 Å². The van der Waals surface area contributed by atoms with Gasteiger partial charge in [-0.05, 0) is 49.9 Å². The normalized spacial score (nSPS) is 20.6. The summed E-state index contributed by atoms with van der Waals surface area (Å²) in [5.41, 5.74) is 1.61. The second-order valence-corrected chi connectivity index (χ2v) is 7.57. The summed E-state index contributed by atoms with van der Waals surface area (Å²) in [4.78, 5) is 0. The largest absolute Gasteiger partial charge is 0.478 e. The molecule has 3 rings (SSSR count). The number of para-hydroxylation sites is 2. The number of hydrogen-bond donors (Lipinski definition) is 2. The zero-order chi connectivity index (χ0) is 18.0. The van der Waals surface area contributed by atoms with Crippen molar-refractivity contribution >= 4 is 27.3 Å². The van der Waals surface area contributed by atoms with Crippen LogP contribution < -0.4 is 13.9 Å². The van der Waals surface area contributed by atoms with E-state index in [-0.39, 0.29) is 6.54 Å². The molecule has 1 unspecified atom stereocenters. The first kappa shape index (κ1) is 17.7. The van der Waals surface area contributed by atoms with Gasteiger partial charge < -0.3 is 10.4 Å². The molecule has 1 aliphatic heterocycles. The minimum Gasteiger partial charge on any atom is -0.392 e. The van der Waals surface area contributed by atoms with Crippen molar-refractivity contribution in [3.05, 3.63) is 54.3 Å². The molecule has 0 bridgehead atoms. The van der Waals surface area contributed by atoms with Gasteiger partial charge in [0.05, 0.1) is 23.2 Å². The number of benzene rings is 2. The van der Waals surface area contributed by atoms with Crippen LogP contribution in [0, 0.1) is 5.82 Å². The molecule has 3 N–H and O–H groups in total. The molecule has 0 saturated carbocycles. The number of aliphatic hydroxyl groups is 1. The van der Waals surface area contributed by atoms with Crippen molar-refractivity contribution in [2.75, 3.05) is 28.7 Å². The van der Waals surface area contributed by atoms with Crippen molar-refractivity contribution in [1.82, 2.24) is 5.32 Å². The monoisotopic (exact) mass is 366 g/mol. The fourth-order valence-electron chi connectivity index (χ4n) is 2.90. The van der Waals surface area contributed by atoms with Crippen molar-refractivity contribution in [1.29, 1.82) is 0 Å². The molecule has 0 spiro atoms. The maximum atomic E-state index is 13.2. The average molecular weight is 366 g/mol. The number of aliphatic hydroxyl groups excluding tert-OH is 1. The molecule has 2 aromatic rings. The maximum Gasteiger partial charge on any atom is 0.478 e. The summed E-state index contributed by atoms with van der Waals surface area (Å²) < 4.78 is 39.9. The van der Waals surface area contributed by atoms with Crippen LogP contribution in [0.3, 0.4) is 0 Å². The van der Waals surface area contributed by atoms with Crippen LogP contribution >= 0.6 is 0 Å². The zero-order valence-electron chi connectivity index (χ0n) is 13.8. The third-order valence-electron chi connectivity index (χ3n) is 4.06. The fourth-order valence-corrected chi connectivity index (χ4v) is 4.66. The van der Waals surface area contributed by atoms with Crippen LogP contribution in [0.2, 0.25) is 0 Å². The summed E-state index contributed by atoms with van der Waals surface area (Å²) in [7, 11) is -1.86. The van der Waals surface area contributed by atoms with Crippen LogP contribution in [0.5, 0.6) is 0 Å². The molecule has 0 fully saturated rings. The van der Waals surface area contributed by atoms with Crippen LogP contribution in [-0.2, 0) is 10.2 Å². The summed E-state index contributed by atoms with van der Waals surface area (Å²) in [5.74, 6) is -0.410. The van der Waals surface area contributed by atoms with E-state index < -0.39 is 22.1 Å². The third-order valence-corrected chi connectivity index (χ3v) is 5.90. The number of hydrogen-bond acceptors (Lipinski definition) is 3. The third kappa shape index (κ3) is 3.33. The van der Waals surface area contributed by atoms with E-state index in [4.69, 9.17) is 0 Å². The van der Waals surface area contributed by atoms with Gasteiger partial charge in [0.2, 0.25) is 0 Å². The van der Waals surface area contributed by atoms with Crippen LogP contribution in [0.25, 0.3) is 0 Å². The van der Waals surface area contributed by atoms with Gasteiger partial charge in [-0.2, -0.15) is 8.51 Å². The molecular formula is C17H21FN3O3S+. The van der Waals surface area contributed by atoms with Gasteiger partial charge in [0.15, 0.2) is 0 Å². The topological polar surface area (TPSA) is 77.2 Å². The molecule has 0 saturated heterocycles. The molecule has 6 nitrogen and oxygen atoms in total. The number of halogens is 1. The summed E-state index contributed by atoms with van der Waals surface area (Å²) in [5, 5.41) is 12.8. The first-order chi connectivity index (χ1) is 11.9. The minimum atomic E-state index is -3.60. The van der Waals surface area contributed by atoms with E-state index in [1.165, 1.54) is 32.9 Å². The average Bonchev–Trinajstić information content (AvgIpc) is 2.80. The van der Waals surface area contributed by atoms with Crippen molar-refractivity contribution in [2.45, 2.75) is 12.5 Å². The van der Waals surface area contributed by atoms with Gasteiger partial charge in [-0.15, -0.1) is 4.21 Å². The summed E-state index contributed by atoms with van der Waals surface area (Å²) in [6.07, 6.45) is -0.281. The molecule has 134 valence electrons. The Kier molecular flexibility index (Phi) is 4.94.